The molecule has 0 bridgehead atoms. The van der Waals surface area contributed by atoms with E-state index >= 15 is 4.39 Å². The van der Waals surface area contributed by atoms with E-state index in [1.807, 2.05) is 20.9 Å². The maximum absolute atomic E-state index is 15.7. The minimum atomic E-state index is -1.83. The Balaban J connectivity index is 1.53. The second kappa shape index (κ2) is 15.8. The number of nitrogens with zero attached hydrogens (tertiary/aromatic N) is 4. The second-order valence-electron chi connectivity index (χ2n) is 13.2. The number of hydrogen-bond acceptors (Lipinski definition) is 6. The lowest BCUT2D eigenvalue weighted by Gasteiger charge is -2.40. The smallest absolute Gasteiger partial charge is 0.270 e. The number of carbonyl (C=O) groups excluding carboxylic acids is 4. The minimum absolute atomic E-state index is 0.0786. The van der Waals surface area contributed by atoms with Gasteiger partial charge in [0.05, 0.1) is 5.69 Å². The van der Waals surface area contributed by atoms with Crippen LogP contribution < -0.4 is 16.0 Å². The third-order valence-electron chi connectivity index (χ3n) is 9.82. The molecule has 2 heterocycles. The summed E-state index contributed by atoms with van der Waals surface area (Å²) in [4.78, 5) is 56.7. The number of piperazine rings is 1. The van der Waals surface area contributed by atoms with Crippen molar-refractivity contribution in [1.29, 1.82) is 0 Å². The molecule has 2 aromatic rings. The Labute approximate surface area is 275 Å². The van der Waals surface area contributed by atoms with Crippen LogP contribution in [0.3, 0.4) is 0 Å². The van der Waals surface area contributed by atoms with Gasteiger partial charge in [0.1, 0.15) is 23.6 Å². The molecule has 1 aromatic heterocycles. The number of nitrogens with one attached hydrogen (secondary N) is 3. The summed E-state index contributed by atoms with van der Waals surface area (Å²) in [6.07, 6.45) is 3.03. The minimum Gasteiger partial charge on any atom is -0.341 e. The van der Waals surface area contributed by atoms with Gasteiger partial charge in [-0.25, -0.2) is 8.78 Å². The standard InChI is InChI=1S/C34H49F2N7O4/c1-7-43-28(14-15-37-43)32(45)40-30(24-10-8-20(2)9-11-24)33(46)38-27-13-12-25(18-26(27)36)22(4)29(39-31(44)23(5)35)34(47)42-17-16-41(6)21(3)19-42/h12-15,18,20-24,29-30H,7-11,16-17,19H2,1-6H3,(H,38,46)(H,39,44)(H,40,45)/t20-,21-,22+,23?,24-,29?,30+/m1/s1. The summed E-state index contributed by atoms with van der Waals surface area (Å²) in [5, 5.41) is 12.3. The van der Waals surface area contributed by atoms with Gasteiger partial charge in [0, 0.05) is 44.3 Å². The van der Waals surface area contributed by atoms with Crippen LogP contribution in [0.15, 0.2) is 30.5 Å². The number of anilines is 1. The van der Waals surface area contributed by atoms with Crippen LogP contribution in [0.5, 0.6) is 0 Å². The zero-order valence-corrected chi connectivity index (χ0v) is 28.3. The molecule has 0 radical (unpaired) electrons. The van der Waals surface area contributed by atoms with E-state index in [1.165, 1.54) is 18.3 Å². The van der Waals surface area contributed by atoms with Crippen LogP contribution in [0.1, 0.15) is 82.3 Å². The van der Waals surface area contributed by atoms with Gasteiger partial charge >= 0.3 is 0 Å². The van der Waals surface area contributed by atoms with E-state index in [-0.39, 0.29) is 23.6 Å². The molecule has 13 heteroatoms. The van der Waals surface area contributed by atoms with E-state index in [0.29, 0.717) is 43.4 Å². The van der Waals surface area contributed by atoms with E-state index in [4.69, 9.17) is 0 Å². The molecule has 4 rings (SSSR count). The van der Waals surface area contributed by atoms with Gasteiger partial charge < -0.3 is 25.8 Å². The molecular formula is C34H49F2N7O4. The first-order chi connectivity index (χ1) is 22.3. The molecule has 1 saturated carbocycles. The molecule has 1 saturated heterocycles. The number of benzene rings is 1. The maximum Gasteiger partial charge on any atom is 0.270 e. The summed E-state index contributed by atoms with van der Waals surface area (Å²) >= 11 is 0. The fraction of sp³-hybridized carbons (Fsp3) is 0.618. The van der Waals surface area contributed by atoms with Gasteiger partial charge in [0.25, 0.3) is 11.8 Å². The van der Waals surface area contributed by atoms with Crippen molar-refractivity contribution >= 4 is 29.3 Å². The predicted octanol–water partition coefficient (Wildman–Crippen LogP) is 3.71. The van der Waals surface area contributed by atoms with Gasteiger partial charge in [-0.15, -0.1) is 0 Å². The third kappa shape index (κ3) is 8.74. The van der Waals surface area contributed by atoms with Crippen molar-refractivity contribution in [2.24, 2.45) is 11.8 Å². The van der Waals surface area contributed by atoms with E-state index in [1.54, 1.807) is 28.6 Å². The van der Waals surface area contributed by atoms with E-state index in [2.05, 4.69) is 32.9 Å². The van der Waals surface area contributed by atoms with E-state index < -0.39 is 47.7 Å². The summed E-state index contributed by atoms with van der Waals surface area (Å²) in [7, 11) is 1.97. The molecule has 47 heavy (non-hydrogen) atoms. The van der Waals surface area contributed by atoms with Crippen LogP contribution in [0.25, 0.3) is 0 Å². The molecule has 258 valence electrons. The average Bonchev–Trinajstić information content (AvgIpc) is 3.53. The lowest BCUT2D eigenvalue weighted by atomic mass is 9.79. The monoisotopic (exact) mass is 657 g/mol. The van der Waals surface area contributed by atoms with Crippen LogP contribution in [0, 0.1) is 17.7 Å². The van der Waals surface area contributed by atoms with Gasteiger partial charge in [-0.1, -0.05) is 32.8 Å². The highest BCUT2D eigenvalue weighted by Crippen LogP contribution is 2.32. The van der Waals surface area contributed by atoms with Gasteiger partial charge in [0.15, 0.2) is 6.17 Å². The summed E-state index contributed by atoms with van der Waals surface area (Å²) in [5.74, 6) is -3.29. The molecule has 1 aliphatic carbocycles. The number of amides is 4. The zero-order chi connectivity index (χ0) is 34.4. The predicted molar refractivity (Wildman–Crippen MR) is 175 cm³/mol. The number of likely N-dealkylation sites (N-methyl/N-ethyl adjacent to an activating group) is 1. The lowest BCUT2D eigenvalue weighted by molar-refractivity contribution is -0.140. The molecule has 3 N–H and O–H groups in total. The zero-order valence-electron chi connectivity index (χ0n) is 28.3. The highest BCUT2D eigenvalue weighted by Gasteiger charge is 2.36. The van der Waals surface area contributed by atoms with Crippen LogP contribution in [-0.2, 0) is 20.9 Å². The van der Waals surface area contributed by atoms with Gasteiger partial charge in [-0.3, -0.25) is 23.9 Å². The fourth-order valence-electron chi connectivity index (χ4n) is 6.44. The Morgan fingerprint density at radius 1 is 1.00 bits per heavy atom. The molecule has 2 unspecified atom stereocenters. The summed E-state index contributed by atoms with van der Waals surface area (Å²) in [6.45, 7) is 10.8. The van der Waals surface area contributed by atoms with Crippen LogP contribution in [0.4, 0.5) is 14.5 Å². The summed E-state index contributed by atoms with van der Waals surface area (Å²) < 4.78 is 31.1. The lowest BCUT2D eigenvalue weighted by Crippen LogP contribution is -2.58. The van der Waals surface area contributed by atoms with Crippen molar-refractivity contribution in [3.8, 4) is 0 Å². The molecular weight excluding hydrogens is 608 g/mol. The molecule has 2 aliphatic rings. The van der Waals surface area contributed by atoms with Crippen molar-refractivity contribution in [2.75, 3.05) is 32.0 Å². The number of hydrogen-bond donors (Lipinski definition) is 3. The first-order valence-electron chi connectivity index (χ1n) is 16.7. The normalized spacial score (nSPS) is 22.9. The number of aromatic nitrogens is 2. The second-order valence-corrected chi connectivity index (χ2v) is 13.2. The molecule has 4 amide bonds. The fourth-order valence-corrected chi connectivity index (χ4v) is 6.44. The quantitative estimate of drug-likeness (QED) is 0.338. The Morgan fingerprint density at radius 2 is 1.70 bits per heavy atom. The first kappa shape index (κ1) is 36.0. The summed E-state index contributed by atoms with van der Waals surface area (Å²) in [6, 6.07) is 3.88. The average molecular weight is 658 g/mol. The third-order valence-corrected chi connectivity index (χ3v) is 9.82. The Kier molecular flexibility index (Phi) is 12.1. The van der Waals surface area contributed by atoms with Crippen LogP contribution >= 0.6 is 0 Å². The van der Waals surface area contributed by atoms with E-state index in [0.717, 1.165) is 32.6 Å². The van der Waals surface area contributed by atoms with Crippen molar-refractivity contribution < 1.29 is 28.0 Å². The molecule has 5 atom stereocenters. The van der Waals surface area contributed by atoms with Crippen molar-refractivity contribution in [3.63, 3.8) is 0 Å². The molecule has 1 aliphatic heterocycles. The first-order valence-corrected chi connectivity index (χ1v) is 16.7. The number of carbonyl (C=O) groups is 4. The molecule has 2 fully saturated rings. The highest BCUT2D eigenvalue weighted by molar-refractivity contribution is 6.00. The van der Waals surface area contributed by atoms with Gasteiger partial charge in [-0.2, -0.15) is 5.10 Å². The Hall–Kier alpha value is -3.87. The molecule has 1 aromatic carbocycles. The van der Waals surface area contributed by atoms with Gasteiger partial charge in [-0.05, 0) is 76.3 Å². The van der Waals surface area contributed by atoms with E-state index in [9.17, 15) is 23.6 Å². The van der Waals surface area contributed by atoms with Crippen molar-refractivity contribution in [1.82, 2.24) is 30.2 Å². The van der Waals surface area contributed by atoms with Crippen LogP contribution in [-0.4, -0.2) is 94.2 Å². The molecule has 11 nitrogen and oxygen atoms in total. The number of alkyl halides is 1. The topological polar surface area (TPSA) is 129 Å². The Bertz CT molecular complexity index is 1420. The number of halogens is 2. The van der Waals surface area contributed by atoms with Crippen molar-refractivity contribution in [3.05, 3.63) is 47.5 Å². The SMILES string of the molecule is CCn1nccc1C(=O)N[C@H](C(=O)Nc1ccc([C@H](C)C(NC(=O)C(C)F)C(=O)N2CCN(C)[C@H](C)C2)cc1F)[C@H]1CC[C@H](C)CC1. The Morgan fingerprint density at radius 3 is 2.32 bits per heavy atom. The highest BCUT2D eigenvalue weighted by atomic mass is 19.1. The van der Waals surface area contributed by atoms with Crippen molar-refractivity contribution in [2.45, 2.75) is 97.1 Å². The maximum atomic E-state index is 15.7. The van der Waals surface area contributed by atoms with Crippen LogP contribution in [0.2, 0.25) is 0 Å². The molecule has 0 spiro atoms. The largest absolute Gasteiger partial charge is 0.341 e. The number of rotatable bonds is 11. The van der Waals surface area contributed by atoms with Gasteiger partial charge in [0.2, 0.25) is 11.8 Å². The summed E-state index contributed by atoms with van der Waals surface area (Å²) in [5.41, 5.74) is 0.653. The number of aryl methyl sites for hydroxylation is 1.